The number of aromatic nitrogens is 2. The van der Waals surface area contributed by atoms with Crippen LogP contribution >= 0.6 is 0 Å². The second kappa shape index (κ2) is 7.31. The fraction of sp³-hybridized carbons (Fsp3) is 0.333. The number of nitrogens with zero attached hydrogens (tertiary/aromatic N) is 1. The van der Waals surface area contributed by atoms with E-state index in [4.69, 9.17) is 9.15 Å². The molecule has 0 spiro atoms. The summed E-state index contributed by atoms with van der Waals surface area (Å²) in [4.78, 5) is 12.5. The molecule has 140 valence electrons. The van der Waals surface area contributed by atoms with Gasteiger partial charge in [-0.2, -0.15) is 5.10 Å². The Kier molecular flexibility index (Phi) is 4.71. The summed E-state index contributed by atoms with van der Waals surface area (Å²) < 4.78 is 10.9. The van der Waals surface area contributed by atoms with Crippen LogP contribution in [-0.4, -0.2) is 29.8 Å². The van der Waals surface area contributed by atoms with Crippen LogP contribution in [0.15, 0.2) is 40.8 Å². The van der Waals surface area contributed by atoms with Gasteiger partial charge >= 0.3 is 0 Å². The van der Waals surface area contributed by atoms with E-state index in [0.717, 1.165) is 30.8 Å². The van der Waals surface area contributed by atoms with Gasteiger partial charge in [0.05, 0.1) is 7.11 Å². The third-order valence-electron chi connectivity index (χ3n) is 5.11. The normalized spacial score (nSPS) is 16.0. The third-order valence-corrected chi connectivity index (χ3v) is 5.11. The van der Waals surface area contributed by atoms with Crippen LogP contribution in [0.4, 0.5) is 0 Å². The van der Waals surface area contributed by atoms with Gasteiger partial charge in [-0.05, 0) is 61.6 Å². The third kappa shape index (κ3) is 3.60. The highest BCUT2D eigenvalue weighted by molar-refractivity contribution is 5.93. The molecule has 3 aromatic rings. The van der Waals surface area contributed by atoms with Gasteiger partial charge in [-0.3, -0.25) is 9.89 Å². The summed E-state index contributed by atoms with van der Waals surface area (Å²) in [5.41, 5.74) is 3.68. The molecular weight excluding hydrogens is 342 g/mol. The van der Waals surface area contributed by atoms with Crippen LogP contribution in [0.5, 0.6) is 5.75 Å². The maximum Gasteiger partial charge on any atom is 0.271 e. The van der Waals surface area contributed by atoms with Crippen molar-refractivity contribution >= 4 is 5.91 Å². The molecule has 1 aliphatic carbocycles. The molecule has 0 bridgehead atoms. The molecule has 0 saturated heterocycles. The first kappa shape index (κ1) is 17.4. The number of methoxy groups -OCH3 is 1. The second-order valence-electron chi connectivity index (χ2n) is 6.94. The number of rotatable bonds is 5. The zero-order chi connectivity index (χ0) is 18.8. The largest absolute Gasteiger partial charge is 0.497 e. The van der Waals surface area contributed by atoms with Crippen molar-refractivity contribution in [2.24, 2.45) is 0 Å². The smallest absolute Gasteiger partial charge is 0.271 e. The molecule has 1 aromatic carbocycles. The van der Waals surface area contributed by atoms with Gasteiger partial charge in [0.15, 0.2) is 11.5 Å². The Bertz CT molecular complexity index is 957. The fourth-order valence-electron chi connectivity index (χ4n) is 3.68. The van der Waals surface area contributed by atoms with Crippen molar-refractivity contribution in [3.8, 4) is 17.2 Å². The molecule has 2 aromatic heterocycles. The van der Waals surface area contributed by atoms with Crippen molar-refractivity contribution in [3.63, 3.8) is 0 Å². The summed E-state index contributed by atoms with van der Waals surface area (Å²) in [7, 11) is 1.68. The zero-order valence-corrected chi connectivity index (χ0v) is 15.5. The van der Waals surface area contributed by atoms with Crippen molar-refractivity contribution < 1.29 is 13.9 Å². The summed E-state index contributed by atoms with van der Waals surface area (Å²) in [6.07, 6.45) is 3.24. The standard InChI is InChI=1S/C21H23N3O3/c1-13-6-9-20(27-13)18-11-19(24-23-18)21(25)22-12-15-5-3-4-14-10-16(26-2)7-8-17(14)15/h6-11,15H,3-5,12H2,1-2H3,(H,22,25)(H,23,24). The first-order valence-electron chi connectivity index (χ1n) is 9.21. The van der Waals surface area contributed by atoms with E-state index in [-0.39, 0.29) is 5.91 Å². The minimum atomic E-state index is -0.179. The van der Waals surface area contributed by atoms with Gasteiger partial charge in [0.25, 0.3) is 5.91 Å². The number of carbonyl (C=O) groups is 1. The van der Waals surface area contributed by atoms with E-state index >= 15 is 0 Å². The number of ether oxygens (including phenoxy) is 1. The van der Waals surface area contributed by atoms with Crippen molar-refractivity contribution in [3.05, 3.63) is 59.0 Å². The number of furan rings is 1. The topological polar surface area (TPSA) is 80.1 Å². The molecule has 1 aliphatic rings. The molecule has 0 fully saturated rings. The van der Waals surface area contributed by atoms with Gasteiger partial charge in [0.1, 0.15) is 17.2 Å². The molecule has 0 saturated carbocycles. The minimum Gasteiger partial charge on any atom is -0.497 e. The highest BCUT2D eigenvalue weighted by atomic mass is 16.5. The maximum atomic E-state index is 12.5. The Labute approximate surface area is 157 Å². The van der Waals surface area contributed by atoms with Crippen LogP contribution < -0.4 is 10.1 Å². The number of hydrogen-bond donors (Lipinski definition) is 2. The Hall–Kier alpha value is -3.02. The average molecular weight is 365 g/mol. The van der Waals surface area contributed by atoms with Crippen molar-refractivity contribution in [2.45, 2.75) is 32.1 Å². The molecule has 2 N–H and O–H groups in total. The van der Waals surface area contributed by atoms with E-state index in [1.165, 1.54) is 11.1 Å². The number of aryl methyl sites for hydroxylation is 2. The number of fused-ring (bicyclic) bond motifs is 1. The highest BCUT2D eigenvalue weighted by Crippen LogP contribution is 2.33. The van der Waals surface area contributed by atoms with Crippen LogP contribution in [-0.2, 0) is 6.42 Å². The van der Waals surface area contributed by atoms with E-state index in [1.54, 1.807) is 13.2 Å². The van der Waals surface area contributed by atoms with Gasteiger partial charge in [0.2, 0.25) is 0 Å². The van der Waals surface area contributed by atoms with E-state index in [2.05, 4.69) is 27.6 Å². The summed E-state index contributed by atoms with van der Waals surface area (Å²) in [6.45, 7) is 2.48. The zero-order valence-electron chi connectivity index (χ0n) is 15.5. The van der Waals surface area contributed by atoms with Crippen molar-refractivity contribution in [1.82, 2.24) is 15.5 Å². The Balaban J connectivity index is 1.42. The molecule has 0 radical (unpaired) electrons. The lowest BCUT2D eigenvalue weighted by molar-refractivity contribution is 0.0945. The summed E-state index contributed by atoms with van der Waals surface area (Å²) in [5, 5.41) is 10.0. The van der Waals surface area contributed by atoms with E-state index in [1.807, 2.05) is 25.1 Å². The maximum absolute atomic E-state index is 12.5. The highest BCUT2D eigenvalue weighted by Gasteiger charge is 2.22. The Morgan fingerprint density at radius 2 is 2.22 bits per heavy atom. The lowest BCUT2D eigenvalue weighted by Crippen LogP contribution is -2.30. The number of amides is 1. The molecule has 1 atom stereocenters. The minimum absolute atomic E-state index is 0.179. The van der Waals surface area contributed by atoms with Gasteiger partial charge in [-0.1, -0.05) is 6.07 Å². The lowest BCUT2D eigenvalue weighted by Gasteiger charge is -2.26. The molecule has 1 amide bonds. The van der Waals surface area contributed by atoms with Crippen LogP contribution in [0.25, 0.3) is 11.5 Å². The predicted molar refractivity (Wildman–Crippen MR) is 102 cm³/mol. The molecular formula is C21H23N3O3. The molecule has 2 heterocycles. The number of benzene rings is 1. The van der Waals surface area contributed by atoms with Crippen LogP contribution in [0.1, 0.15) is 46.1 Å². The van der Waals surface area contributed by atoms with E-state index in [9.17, 15) is 4.79 Å². The molecule has 27 heavy (non-hydrogen) atoms. The SMILES string of the molecule is COc1ccc2c(c1)CCCC2CNC(=O)c1cc(-c2ccc(C)o2)[nH]n1. The molecule has 4 rings (SSSR count). The molecule has 6 heteroatoms. The Morgan fingerprint density at radius 1 is 1.33 bits per heavy atom. The summed E-state index contributed by atoms with van der Waals surface area (Å²) >= 11 is 0. The number of aromatic amines is 1. The van der Waals surface area contributed by atoms with Gasteiger partial charge < -0.3 is 14.5 Å². The summed E-state index contributed by atoms with van der Waals surface area (Å²) in [5.74, 6) is 2.51. The van der Waals surface area contributed by atoms with E-state index in [0.29, 0.717) is 29.6 Å². The first-order valence-corrected chi connectivity index (χ1v) is 9.21. The quantitative estimate of drug-likeness (QED) is 0.720. The molecule has 6 nitrogen and oxygen atoms in total. The number of nitrogens with one attached hydrogen (secondary N) is 2. The van der Waals surface area contributed by atoms with Gasteiger partial charge in [0, 0.05) is 18.5 Å². The van der Waals surface area contributed by atoms with Crippen molar-refractivity contribution in [2.75, 3.05) is 13.7 Å². The van der Waals surface area contributed by atoms with Crippen LogP contribution in [0.3, 0.4) is 0 Å². The Morgan fingerprint density at radius 3 is 3.00 bits per heavy atom. The molecule has 1 unspecified atom stereocenters. The summed E-state index contributed by atoms with van der Waals surface area (Å²) in [6, 6.07) is 11.7. The van der Waals surface area contributed by atoms with Gasteiger partial charge in [-0.25, -0.2) is 0 Å². The number of hydrogen-bond acceptors (Lipinski definition) is 4. The fourth-order valence-corrected chi connectivity index (χ4v) is 3.68. The van der Waals surface area contributed by atoms with Gasteiger partial charge in [-0.15, -0.1) is 0 Å². The second-order valence-corrected chi connectivity index (χ2v) is 6.94. The van der Waals surface area contributed by atoms with Crippen molar-refractivity contribution in [1.29, 1.82) is 0 Å². The first-order chi connectivity index (χ1) is 13.1. The van der Waals surface area contributed by atoms with E-state index < -0.39 is 0 Å². The number of carbonyl (C=O) groups excluding carboxylic acids is 1. The average Bonchev–Trinajstić information content (AvgIpc) is 3.34. The monoisotopic (exact) mass is 365 g/mol. The molecule has 0 aliphatic heterocycles. The predicted octanol–water partition coefficient (Wildman–Crippen LogP) is 3.84. The van der Waals surface area contributed by atoms with Crippen LogP contribution in [0, 0.1) is 6.92 Å². The lowest BCUT2D eigenvalue weighted by atomic mass is 9.82. The van der Waals surface area contributed by atoms with Crippen LogP contribution in [0.2, 0.25) is 0 Å². The number of H-pyrrole nitrogens is 1.